The van der Waals surface area contributed by atoms with Crippen LogP contribution in [0.15, 0.2) is 4.79 Å². The van der Waals surface area contributed by atoms with Crippen molar-refractivity contribution in [2.75, 3.05) is 13.1 Å². The average molecular weight is 252 g/mol. The number of hydrogen-bond donors (Lipinski definition) is 0. The molecule has 6 nitrogen and oxygen atoms in total. The lowest BCUT2D eigenvalue weighted by atomic mass is 9.97. The molecule has 6 heteroatoms. The quantitative estimate of drug-likeness (QED) is 0.762. The second-order valence-electron chi connectivity index (χ2n) is 4.81. The van der Waals surface area contributed by atoms with Crippen LogP contribution in [0, 0.1) is 0 Å². The molecular weight excluding hydrogens is 232 g/mol. The van der Waals surface area contributed by atoms with Gasteiger partial charge in [-0.2, -0.15) is 5.10 Å². The van der Waals surface area contributed by atoms with E-state index in [-0.39, 0.29) is 17.5 Å². The van der Waals surface area contributed by atoms with E-state index in [0.29, 0.717) is 13.1 Å². The van der Waals surface area contributed by atoms with E-state index in [2.05, 4.69) is 5.10 Å². The fourth-order valence-corrected chi connectivity index (χ4v) is 2.60. The van der Waals surface area contributed by atoms with Gasteiger partial charge in [0.2, 0.25) is 5.91 Å². The Morgan fingerprint density at radius 2 is 2.22 bits per heavy atom. The summed E-state index contributed by atoms with van der Waals surface area (Å²) >= 11 is 0. The molecule has 0 saturated carbocycles. The Balaban J connectivity index is 2.28. The standard InChI is InChI=1S/C12H20N4O2/c1-4-16-11(13-14(3)12(16)18)10-6-5-7-15(8-10)9(2)17/h10H,4-8H2,1-3H3. The second kappa shape index (κ2) is 4.96. The van der Waals surface area contributed by atoms with Gasteiger partial charge in [-0.3, -0.25) is 9.36 Å². The lowest BCUT2D eigenvalue weighted by molar-refractivity contribution is -0.130. The van der Waals surface area contributed by atoms with Crippen LogP contribution < -0.4 is 5.69 Å². The van der Waals surface area contributed by atoms with Crippen LogP contribution in [0.2, 0.25) is 0 Å². The van der Waals surface area contributed by atoms with E-state index < -0.39 is 0 Å². The van der Waals surface area contributed by atoms with Gasteiger partial charge in [0.05, 0.1) is 0 Å². The number of amides is 1. The van der Waals surface area contributed by atoms with Crippen molar-refractivity contribution in [2.45, 2.75) is 39.2 Å². The predicted molar refractivity (Wildman–Crippen MR) is 67.4 cm³/mol. The van der Waals surface area contributed by atoms with Crippen molar-refractivity contribution in [3.05, 3.63) is 16.3 Å². The number of rotatable bonds is 2. The first-order valence-electron chi connectivity index (χ1n) is 6.43. The molecule has 1 atom stereocenters. The van der Waals surface area contributed by atoms with Crippen molar-refractivity contribution in [1.82, 2.24) is 19.2 Å². The average Bonchev–Trinajstić information content (AvgIpc) is 2.65. The van der Waals surface area contributed by atoms with Crippen LogP contribution in [-0.4, -0.2) is 38.2 Å². The molecule has 0 spiro atoms. The molecule has 2 heterocycles. The van der Waals surface area contributed by atoms with Gasteiger partial charge in [-0.25, -0.2) is 9.48 Å². The number of aryl methyl sites for hydroxylation is 1. The van der Waals surface area contributed by atoms with Gasteiger partial charge in [0.25, 0.3) is 0 Å². The van der Waals surface area contributed by atoms with E-state index in [1.807, 2.05) is 11.8 Å². The third-order valence-electron chi connectivity index (χ3n) is 3.58. The smallest absolute Gasteiger partial charge is 0.342 e. The Labute approximate surface area is 106 Å². The summed E-state index contributed by atoms with van der Waals surface area (Å²) in [5.41, 5.74) is -0.0764. The van der Waals surface area contributed by atoms with Crippen molar-refractivity contribution in [2.24, 2.45) is 7.05 Å². The topological polar surface area (TPSA) is 60.1 Å². The van der Waals surface area contributed by atoms with Crippen LogP contribution in [0.25, 0.3) is 0 Å². The van der Waals surface area contributed by atoms with Crippen molar-refractivity contribution in [3.63, 3.8) is 0 Å². The molecule has 0 N–H and O–H groups in total. The Morgan fingerprint density at radius 1 is 1.50 bits per heavy atom. The molecule has 100 valence electrons. The Hall–Kier alpha value is -1.59. The molecule has 1 aliphatic heterocycles. The summed E-state index contributed by atoms with van der Waals surface area (Å²) in [6.45, 7) is 5.64. The van der Waals surface area contributed by atoms with Crippen LogP contribution in [0.4, 0.5) is 0 Å². The van der Waals surface area contributed by atoms with Gasteiger partial charge in [0, 0.05) is 39.5 Å². The molecule has 1 fully saturated rings. The Bertz CT molecular complexity index is 503. The highest BCUT2D eigenvalue weighted by atomic mass is 16.2. The summed E-state index contributed by atoms with van der Waals surface area (Å²) in [6, 6.07) is 0. The second-order valence-corrected chi connectivity index (χ2v) is 4.81. The van der Waals surface area contributed by atoms with Crippen LogP contribution in [0.1, 0.15) is 38.4 Å². The molecule has 0 aromatic carbocycles. The van der Waals surface area contributed by atoms with E-state index in [0.717, 1.165) is 25.2 Å². The van der Waals surface area contributed by atoms with Gasteiger partial charge in [-0.15, -0.1) is 0 Å². The first-order chi connectivity index (χ1) is 8.54. The van der Waals surface area contributed by atoms with Crippen LogP contribution in [0.5, 0.6) is 0 Å². The molecule has 1 aliphatic rings. The summed E-state index contributed by atoms with van der Waals surface area (Å²) < 4.78 is 3.08. The molecule has 1 aromatic rings. The molecule has 1 aromatic heterocycles. The summed E-state index contributed by atoms with van der Waals surface area (Å²) in [5.74, 6) is 1.09. The van der Waals surface area contributed by atoms with E-state index in [4.69, 9.17) is 0 Å². The van der Waals surface area contributed by atoms with Crippen molar-refractivity contribution < 1.29 is 4.79 Å². The number of nitrogens with zero attached hydrogens (tertiary/aromatic N) is 4. The normalized spacial score (nSPS) is 20.2. The third-order valence-corrected chi connectivity index (χ3v) is 3.58. The molecular formula is C12H20N4O2. The number of likely N-dealkylation sites (tertiary alicyclic amines) is 1. The summed E-state index contributed by atoms with van der Waals surface area (Å²) in [7, 11) is 1.67. The summed E-state index contributed by atoms with van der Waals surface area (Å²) in [5, 5.41) is 4.33. The number of hydrogen-bond acceptors (Lipinski definition) is 3. The minimum Gasteiger partial charge on any atom is -0.342 e. The molecule has 1 saturated heterocycles. The van der Waals surface area contributed by atoms with Gasteiger partial charge in [-0.05, 0) is 19.8 Å². The van der Waals surface area contributed by atoms with E-state index in [1.54, 1.807) is 18.5 Å². The number of carbonyl (C=O) groups excluding carboxylic acids is 1. The van der Waals surface area contributed by atoms with Crippen LogP contribution >= 0.6 is 0 Å². The molecule has 0 radical (unpaired) electrons. The first kappa shape index (κ1) is 12.9. The first-order valence-corrected chi connectivity index (χ1v) is 6.43. The van der Waals surface area contributed by atoms with Crippen molar-refractivity contribution >= 4 is 5.91 Å². The minimum atomic E-state index is -0.0764. The van der Waals surface area contributed by atoms with Gasteiger partial charge in [0.15, 0.2) is 0 Å². The predicted octanol–water partition coefficient (Wildman–Crippen LogP) is 0.328. The maximum absolute atomic E-state index is 11.9. The molecule has 0 bridgehead atoms. The van der Waals surface area contributed by atoms with E-state index in [9.17, 15) is 9.59 Å². The zero-order valence-electron chi connectivity index (χ0n) is 11.2. The highest BCUT2D eigenvalue weighted by Gasteiger charge is 2.27. The fourth-order valence-electron chi connectivity index (χ4n) is 2.60. The zero-order chi connectivity index (χ0) is 13.3. The van der Waals surface area contributed by atoms with E-state index in [1.165, 1.54) is 4.68 Å². The van der Waals surface area contributed by atoms with Gasteiger partial charge < -0.3 is 4.90 Å². The molecule has 18 heavy (non-hydrogen) atoms. The highest BCUT2D eigenvalue weighted by molar-refractivity contribution is 5.73. The molecule has 1 unspecified atom stereocenters. The monoisotopic (exact) mass is 252 g/mol. The lowest BCUT2D eigenvalue weighted by Crippen LogP contribution is -2.38. The summed E-state index contributed by atoms with van der Waals surface area (Å²) in [6.07, 6.45) is 1.96. The van der Waals surface area contributed by atoms with Gasteiger partial charge >= 0.3 is 5.69 Å². The van der Waals surface area contributed by atoms with E-state index >= 15 is 0 Å². The maximum atomic E-state index is 11.9. The van der Waals surface area contributed by atoms with Crippen molar-refractivity contribution in [1.29, 1.82) is 0 Å². The number of aromatic nitrogens is 3. The minimum absolute atomic E-state index is 0.0764. The Morgan fingerprint density at radius 3 is 2.83 bits per heavy atom. The fraction of sp³-hybridized carbons (Fsp3) is 0.750. The highest BCUT2D eigenvalue weighted by Crippen LogP contribution is 2.24. The summed E-state index contributed by atoms with van der Waals surface area (Å²) in [4.78, 5) is 25.1. The maximum Gasteiger partial charge on any atom is 0.345 e. The largest absolute Gasteiger partial charge is 0.345 e. The zero-order valence-corrected chi connectivity index (χ0v) is 11.2. The van der Waals surface area contributed by atoms with Crippen molar-refractivity contribution in [3.8, 4) is 0 Å². The van der Waals surface area contributed by atoms with Gasteiger partial charge in [-0.1, -0.05) is 0 Å². The SMILES string of the molecule is CCn1c(C2CCCN(C(C)=O)C2)nn(C)c1=O. The third kappa shape index (κ3) is 2.19. The molecule has 0 aliphatic carbocycles. The molecule has 1 amide bonds. The van der Waals surface area contributed by atoms with Gasteiger partial charge in [0.1, 0.15) is 5.82 Å². The van der Waals surface area contributed by atoms with Crippen LogP contribution in [0.3, 0.4) is 0 Å². The Kier molecular flexibility index (Phi) is 3.54. The lowest BCUT2D eigenvalue weighted by Gasteiger charge is -2.31. The number of carbonyl (C=O) groups is 1. The molecule has 2 rings (SSSR count). The number of piperidine rings is 1. The van der Waals surface area contributed by atoms with Crippen LogP contribution in [-0.2, 0) is 18.4 Å².